The van der Waals surface area contributed by atoms with Crippen molar-refractivity contribution in [2.45, 2.75) is 31.2 Å². The van der Waals surface area contributed by atoms with Gasteiger partial charge in [0.05, 0.1) is 20.9 Å². The van der Waals surface area contributed by atoms with Gasteiger partial charge in [0.2, 0.25) is 10.0 Å². The highest BCUT2D eigenvalue weighted by Gasteiger charge is 2.23. The third kappa shape index (κ3) is 3.48. The molecule has 1 unspecified atom stereocenters. The predicted molar refractivity (Wildman–Crippen MR) is 76.1 cm³/mol. The Morgan fingerprint density at radius 3 is 2.60 bits per heavy atom. The summed E-state index contributed by atoms with van der Waals surface area (Å²) in [6.45, 7) is 3.16. The summed E-state index contributed by atoms with van der Waals surface area (Å²) in [7, 11) is -3.96. The van der Waals surface area contributed by atoms with Crippen LogP contribution in [0.25, 0.3) is 0 Å². The van der Waals surface area contributed by atoms with Crippen LogP contribution < -0.4 is 4.72 Å². The number of nitrogens with zero attached hydrogens (tertiary/aromatic N) is 1. The lowest BCUT2D eigenvalue weighted by Crippen LogP contribution is -2.33. The fraction of sp³-hybridized carbons (Fsp3) is 0.333. The van der Waals surface area contributed by atoms with Crippen LogP contribution >= 0.6 is 11.6 Å². The Morgan fingerprint density at radius 2 is 2.15 bits per heavy atom. The molecule has 0 saturated carbocycles. The fourth-order valence-electron chi connectivity index (χ4n) is 1.48. The van der Waals surface area contributed by atoms with Crippen LogP contribution in [-0.4, -0.2) is 19.4 Å². The number of rotatable bonds is 5. The molecular formula is C12H13ClN2O4S. The number of nitrogens with one attached hydrogen (secondary N) is 1. The Hall–Kier alpha value is -1.62. The van der Waals surface area contributed by atoms with Crippen LogP contribution in [0, 0.1) is 29.4 Å². The van der Waals surface area contributed by atoms with Gasteiger partial charge in [-0.25, -0.2) is 8.42 Å². The van der Waals surface area contributed by atoms with Gasteiger partial charge in [0.15, 0.2) is 0 Å². The van der Waals surface area contributed by atoms with E-state index in [1.165, 1.54) is 6.92 Å². The summed E-state index contributed by atoms with van der Waals surface area (Å²) in [6, 6.07) is 1.45. The van der Waals surface area contributed by atoms with Gasteiger partial charge in [0, 0.05) is 11.6 Å². The highest BCUT2D eigenvalue weighted by atomic mass is 35.5. The molecule has 0 bridgehead atoms. The largest absolute Gasteiger partial charge is 0.275 e. The Balaban J connectivity index is 3.34. The van der Waals surface area contributed by atoms with Crippen molar-refractivity contribution in [2.75, 3.05) is 0 Å². The van der Waals surface area contributed by atoms with Crippen LogP contribution in [-0.2, 0) is 10.0 Å². The molecule has 0 saturated heterocycles. The van der Waals surface area contributed by atoms with E-state index in [-0.39, 0.29) is 21.2 Å². The number of terminal acetylenes is 1. The zero-order chi connectivity index (χ0) is 15.5. The highest BCUT2D eigenvalue weighted by Crippen LogP contribution is 2.29. The molecule has 6 nitrogen and oxygen atoms in total. The molecule has 0 heterocycles. The second-order valence-corrected chi connectivity index (χ2v) is 6.18. The first kappa shape index (κ1) is 16.4. The summed E-state index contributed by atoms with van der Waals surface area (Å²) >= 11 is 5.84. The summed E-state index contributed by atoms with van der Waals surface area (Å²) in [5.41, 5.74) is -0.147. The van der Waals surface area contributed by atoms with Gasteiger partial charge >= 0.3 is 0 Å². The number of nitro groups is 1. The van der Waals surface area contributed by atoms with Crippen molar-refractivity contribution in [3.63, 3.8) is 0 Å². The molecule has 0 aliphatic heterocycles. The monoisotopic (exact) mass is 316 g/mol. The van der Waals surface area contributed by atoms with Crippen molar-refractivity contribution in [3.05, 3.63) is 32.8 Å². The molecule has 0 aromatic heterocycles. The lowest BCUT2D eigenvalue weighted by Gasteiger charge is -2.12. The van der Waals surface area contributed by atoms with Crippen LogP contribution in [0.5, 0.6) is 0 Å². The van der Waals surface area contributed by atoms with Gasteiger partial charge in [0.1, 0.15) is 0 Å². The van der Waals surface area contributed by atoms with Gasteiger partial charge in [-0.3, -0.25) is 10.1 Å². The van der Waals surface area contributed by atoms with E-state index in [4.69, 9.17) is 18.0 Å². The van der Waals surface area contributed by atoms with Gasteiger partial charge in [-0.2, -0.15) is 4.72 Å². The van der Waals surface area contributed by atoms with Gasteiger partial charge in [-0.15, -0.1) is 6.42 Å². The molecule has 0 fully saturated rings. The molecule has 0 aliphatic carbocycles. The van der Waals surface area contributed by atoms with E-state index in [1.54, 1.807) is 6.92 Å². The number of nitro benzene ring substituents is 1. The Kier molecular flexibility index (Phi) is 5.11. The van der Waals surface area contributed by atoms with Crippen molar-refractivity contribution < 1.29 is 13.3 Å². The number of halogens is 1. The zero-order valence-electron chi connectivity index (χ0n) is 10.9. The summed E-state index contributed by atoms with van der Waals surface area (Å²) in [4.78, 5) is 9.92. The maximum atomic E-state index is 12.1. The van der Waals surface area contributed by atoms with Crippen molar-refractivity contribution in [1.29, 1.82) is 0 Å². The fourth-order valence-corrected chi connectivity index (χ4v) is 3.04. The molecule has 1 aromatic carbocycles. The van der Waals surface area contributed by atoms with Gasteiger partial charge < -0.3 is 0 Å². The third-order valence-electron chi connectivity index (χ3n) is 2.70. The molecule has 8 heteroatoms. The summed E-state index contributed by atoms with van der Waals surface area (Å²) in [5.74, 6) is 2.28. The minimum atomic E-state index is -3.96. The van der Waals surface area contributed by atoms with E-state index in [9.17, 15) is 18.5 Å². The number of hydrogen-bond acceptors (Lipinski definition) is 4. The second kappa shape index (κ2) is 6.22. The molecule has 0 aliphatic rings. The highest BCUT2D eigenvalue weighted by molar-refractivity contribution is 7.89. The lowest BCUT2D eigenvalue weighted by atomic mass is 10.2. The molecule has 1 N–H and O–H groups in total. The first-order valence-corrected chi connectivity index (χ1v) is 7.52. The molecule has 108 valence electrons. The van der Waals surface area contributed by atoms with Crippen molar-refractivity contribution in [2.24, 2.45) is 0 Å². The van der Waals surface area contributed by atoms with Crippen LogP contribution in [0.2, 0.25) is 5.02 Å². The minimum Gasteiger partial charge on any atom is -0.258 e. The van der Waals surface area contributed by atoms with E-state index >= 15 is 0 Å². The lowest BCUT2D eigenvalue weighted by molar-refractivity contribution is -0.385. The molecule has 0 amide bonds. The van der Waals surface area contributed by atoms with E-state index in [1.807, 2.05) is 0 Å². The van der Waals surface area contributed by atoms with Crippen LogP contribution in [0.1, 0.15) is 18.9 Å². The van der Waals surface area contributed by atoms with Crippen LogP contribution in [0.15, 0.2) is 17.0 Å². The topological polar surface area (TPSA) is 89.3 Å². The predicted octanol–water partition coefficient (Wildman–Crippen LogP) is 2.25. The standard InChI is InChI=1S/C12H13ClN2O4S/c1-4-9(5-2)14-20(18,19)10-6-11(13)8(3)12(7-10)15(16)17/h1,6-7,9,14H,5H2,2-3H3. The molecule has 1 atom stereocenters. The summed E-state index contributed by atoms with van der Waals surface area (Å²) in [6.07, 6.45) is 5.59. The molecule has 20 heavy (non-hydrogen) atoms. The summed E-state index contributed by atoms with van der Waals surface area (Å²) in [5, 5.41) is 10.9. The zero-order valence-corrected chi connectivity index (χ0v) is 12.5. The average Bonchev–Trinajstić information content (AvgIpc) is 2.38. The number of sulfonamides is 1. The Morgan fingerprint density at radius 1 is 1.55 bits per heavy atom. The quantitative estimate of drug-likeness (QED) is 0.512. The Bertz CT molecular complexity index is 679. The second-order valence-electron chi connectivity index (χ2n) is 4.06. The smallest absolute Gasteiger partial charge is 0.258 e. The van der Waals surface area contributed by atoms with Crippen LogP contribution in [0.4, 0.5) is 5.69 Å². The first-order valence-electron chi connectivity index (χ1n) is 5.66. The summed E-state index contributed by atoms with van der Waals surface area (Å²) < 4.78 is 26.5. The van der Waals surface area contributed by atoms with Crippen LogP contribution in [0.3, 0.4) is 0 Å². The SMILES string of the molecule is C#CC(CC)NS(=O)(=O)c1cc(Cl)c(C)c([N+](=O)[O-])c1. The van der Waals surface area contributed by atoms with Gasteiger partial charge in [-0.05, 0) is 19.4 Å². The molecule has 0 radical (unpaired) electrons. The average molecular weight is 317 g/mol. The van der Waals surface area contributed by atoms with Gasteiger partial charge in [-0.1, -0.05) is 24.4 Å². The molecule has 1 aromatic rings. The van der Waals surface area contributed by atoms with E-state index in [0.29, 0.717) is 6.42 Å². The maximum absolute atomic E-state index is 12.1. The number of hydrogen-bond donors (Lipinski definition) is 1. The van der Waals surface area contributed by atoms with Crippen molar-refractivity contribution in [3.8, 4) is 12.3 Å². The number of benzene rings is 1. The molecule has 0 spiro atoms. The van der Waals surface area contributed by atoms with E-state index < -0.39 is 21.0 Å². The Labute approximate surface area is 122 Å². The van der Waals surface area contributed by atoms with Gasteiger partial charge in [0.25, 0.3) is 5.69 Å². The van der Waals surface area contributed by atoms with Crippen molar-refractivity contribution in [1.82, 2.24) is 4.72 Å². The first-order chi connectivity index (χ1) is 9.22. The molecular weight excluding hydrogens is 304 g/mol. The third-order valence-corrected chi connectivity index (χ3v) is 4.55. The van der Waals surface area contributed by atoms with Crippen molar-refractivity contribution >= 4 is 27.3 Å². The minimum absolute atomic E-state index is 0.00771. The van der Waals surface area contributed by atoms with E-state index in [2.05, 4.69) is 10.6 Å². The normalized spacial score (nSPS) is 12.7. The maximum Gasteiger partial charge on any atom is 0.275 e. The molecule has 1 rings (SSSR count). The van der Waals surface area contributed by atoms with E-state index in [0.717, 1.165) is 12.1 Å².